The van der Waals surface area contributed by atoms with Crippen LogP contribution in [-0.2, 0) is 0 Å². The number of ether oxygens (including phenoxy) is 2. The normalized spacial score (nSPS) is 20.5. The first-order valence-electron chi connectivity index (χ1n) is 7.12. The summed E-state index contributed by atoms with van der Waals surface area (Å²) in [5, 5.41) is 0. The predicted octanol–water partition coefficient (Wildman–Crippen LogP) is 3.75. The number of fused-ring (bicyclic) bond motifs is 1. The molecule has 0 amide bonds. The summed E-state index contributed by atoms with van der Waals surface area (Å²) in [6, 6.07) is 12.1. The quantitative estimate of drug-likeness (QED) is 0.935. The third-order valence-corrected chi connectivity index (χ3v) is 3.65. The summed E-state index contributed by atoms with van der Waals surface area (Å²) in [4.78, 5) is 0. The second kappa shape index (κ2) is 5.74. The van der Waals surface area contributed by atoms with Gasteiger partial charge in [0.2, 0.25) is 0 Å². The van der Waals surface area contributed by atoms with E-state index >= 15 is 0 Å². The number of hydrogen-bond acceptors (Lipinski definition) is 3. The molecule has 3 nitrogen and oxygen atoms in total. The molecule has 0 aromatic heterocycles. The van der Waals surface area contributed by atoms with E-state index in [1.807, 2.05) is 31.2 Å². The lowest BCUT2D eigenvalue weighted by Gasteiger charge is -2.30. The molecule has 2 N–H and O–H groups in total. The molecule has 21 heavy (non-hydrogen) atoms. The van der Waals surface area contributed by atoms with Crippen molar-refractivity contribution in [1.29, 1.82) is 0 Å². The van der Waals surface area contributed by atoms with Crippen molar-refractivity contribution < 1.29 is 13.9 Å². The first-order chi connectivity index (χ1) is 10.2. The van der Waals surface area contributed by atoms with Crippen molar-refractivity contribution in [1.82, 2.24) is 0 Å². The van der Waals surface area contributed by atoms with Crippen molar-refractivity contribution in [2.45, 2.75) is 25.5 Å². The molecule has 0 spiro atoms. The highest BCUT2D eigenvalue weighted by atomic mass is 19.1. The Morgan fingerprint density at radius 3 is 2.95 bits per heavy atom. The van der Waals surface area contributed by atoms with Gasteiger partial charge in [-0.25, -0.2) is 4.39 Å². The largest absolute Gasteiger partial charge is 0.494 e. The monoisotopic (exact) mass is 287 g/mol. The summed E-state index contributed by atoms with van der Waals surface area (Å²) in [5.41, 5.74) is 7.91. The Balaban J connectivity index is 1.88. The van der Waals surface area contributed by atoms with E-state index < -0.39 is 0 Å². The molecule has 1 unspecified atom stereocenters. The zero-order valence-electron chi connectivity index (χ0n) is 11.9. The molecule has 0 saturated heterocycles. The van der Waals surface area contributed by atoms with Gasteiger partial charge in [0.1, 0.15) is 23.4 Å². The standard InChI is InChI=1S/C17H18FNO2/c1-2-20-13-5-3-4-11(8-13)17-10-15(19)14-9-12(18)6-7-16(14)21-17/h3-9,15,17H,2,10,19H2,1H3/t15-,17?/m0/s1. The zero-order chi connectivity index (χ0) is 14.8. The lowest BCUT2D eigenvalue weighted by molar-refractivity contribution is 0.160. The van der Waals surface area contributed by atoms with E-state index in [1.165, 1.54) is 12.1 Å². The van der Waals surface area contributed by atoms with Gasteiger partial charge in [-0.2, -0.15) is 0 Å². The number of nitrogens with two attached hydrogens (primary N) is 1. The van der Waals surface area contributed by atoms with Gasteiger partial charge in [-0.15, -0.1) is 0 Å². The average molecular weight is 287 g/mol. The molecule has 2 aromatic carbocycles. The highest BCUT2D eigenvalue weighted by molar-refractivity contribution is 5.40. The van der Waals surface area contributed by atoms with E-state index in [1.54, 1.807) is 6.07 Å². The van der Waals surface area contributed by atoms with Gasteiger partial charge < -0.3 is 15.2 Å². The van der Waals surface area contributed by atoms with Crippen LogP contribution in [0.3, 0.4) is 0 Å². The highest BCUT2D eigenvalue weighted by Crippen LogP contribution is 2.40. The van der Waals surface area contributed by atoms with Crippen molar-refractivity contribution in [2.24, 2.45) is 5.73 Å². The first-order valence-corrected chi connectivity index (χ1v) is 7.12. The molecule has 110 valence electrons. The Kier molecular flexibility index (Phi) is 3.80. The molecular weight excluding hydrogens is 269 g/mol. The van der Waals surface area contributed by atoms with Crippen LogP contribution >= 0.6 is 0 Å². The maximum Gasteiger partial charge on any atom is 0.126 e. The summed E-state index contributed by atoms with van der Waals surface area (Å²) < 4.78 is 24.8. The van der Waals surface area contributed by atoms with Gasteiger partial charge in [-0.05, 0) is 42.8 Å². The van der Waals surface area contributed by atoms with Crippen LogP contribution in [0.2, 0.25) is 0 Å². The van der Waals surface area contributed by atoms with Crippen LogP contribution in [0.4, 0.5) is 4.39 Å². The highest BCUT2D eigenvalue weighted by Gasteiger charge is 2.27. The van der Waals surface area contributed by atoms with E-state index in [0.29, 0.717) is 18.8 Å². The van der Waals surface area contributed by atoms with E-state index in [2.05, 4.69) is 0 Å². The fraction of sp³-hybridized carbons (Fsp3) is 0.294. The van der Waals surface area contributed by atoms with Crippen molar-refractivity contribution in [3.05, 3.63) is 59.4 Å². The van der Waals surface area contributed by atoms with Crippen LogP contribution in [-0.4, -0.2) is 6.61 Å². The summed E-state index contributed by atoms with van der Waals surface area (Å²) in [6.07, 6.45) is 0.477. The molecule has 2 atom stereocenters. The zero-order valence-corrected chi connectivity index (χ0v) is 11.9. The van der Waals surface area contributed by atoms with Crippen molar-refractivity contribution in [2.75, 3.05) is 6.61 Å². The SMILES string of the molecule is CCOc1cccc(C2C[C@H](N)c3cc(F)ccc3O2)c1. The fourth-order valence-electron chi connectivity index (χ4n) is 2.65. The first kappa shape index (κ1) is 13.9. The maximum absolute atomic E-state index is 13.3. The van der Waals surface area contributed by atoms with Crippen LogP contribution in [0.1, 0.15) is 36.6 Å². The minimum atomic E-state index is -0.287. The number of halogens is 1. The van der Waals surface area contributed by atoms with Gasteiger partial charge in [-0.1, -0.05) is 12.1 Å². The number of benzene rings is 2. The fourth-order valence-corrected chi connectivity index (χ4v) is 2.65. The van der Waals surface area contributed by atoms with E-state index in [0.717, 1.165) is 16.9 Å². The van der Waals surface area contributed by atoms with Gasteiger partial charge in [-0.3, -0.25) is 0 Å². The Labute approximate surface area is 123 Å². The molecule has 1 aliphatic heterocycles. The molecule has 3 rings (SSSR count). The summed E-state index contributed by atoms with van der Waals surface area (Å²) in [5.74, 6) is 1.18. The summed E-state index contributed by atoms with van der Waals surface area (Å²) in [6.45, 7) is 2.57. The van der Waals surface area contributed by atoms with Gasteiger partial charge in [0.15, 0.2) is 0 Å². The average Bonchev–Trinajstić information content (AvgIpc) is 2.48. The molecule has 2 aromatic rings. The molecule has 0 fully saturated rings. The topological polar surface area (TPSA) is 44.5 Å². The Hall–Kier alpha value is -2.07. The Bertz CT molecular complexity index is 644. The van der Waals surface area contributed by atoms with E-state index in [4.69, 9.17) is 15.2 Å². The molecule has 1 aliphatic rings. The molecule has 1 heterocycles. The van der Waals surface area contributed by atoms with Crippen molar-refractivity contribution in [3.63, 3.8) is 0 Å². The third-order valence-electron chi connectivity index (χ3n) is 3.65. The molecule has 0 saturated carbocycles. The molecule has 0 aliphatic carbocycles. The number of hydrogen-bond donors (Lipinski definition) is 1. The Morgan fingerprint density at radius 1 is 1.29 bits per heavy atom. The molecule has 0 radical (unpaired) electrons. The number of rotatable bonds is 3. The second-order valence-electron chi connectivity index (χ2n) is 5.14. The predicted molar refractivity (Wildman–Crippen MR) is 78.9 cm³/mol. The van der Waals surface area contributed by atoms with Gasteiger partial charge in [0.05, 0.1) is 6.61 Å². The van der Waals surface area contributed by atoms with Crippen LogP contribution in [0, 0.1) is 5.82 Å². The van der Waals surface area contributed by atoms with E-state index in [-0.39, 0.29) is 18.0 Å². The van der Waals surface area contributed by atoms with E-state index in [9.17, 15) is 4.39 Å². The van der Waals surface area contributed by atoms with Gasteiger partial charge >= 0.3 is 0 Å². The van der Waals surface area contributed by atoms with Crippen LogP contribution in [0.25, 0.3) is 0 Å². The lowest BCUT2D eigenvalue weighted by Crippen LogP contribution is -2.24. The van der Waals surface area contributed by atoms with Crippen molar-refractivity contribution in [3.8, 4) is 11.5 Å². The smallest absolute Gasteiger partial charge is 0.126 e. The third kappa shape index (κ3) is 2.85. The molecular formula is C17H18FNO2. The summed E-state index contributed by atoms with van der Waals surface area (Å²) in [7, 11) is 0. The maximum atomic E-state index is 13.3. The summed E-state index contributed by atoms with van der Waals surface area (Å²) >= 11 is 0. The van der Waals surface area contributed by atoms with Gasteiger partial charge in [0.25, 0.3) is 0 Å². The van der Waals surface area contributed by atoms with Crippen LogP contribution in [0.5, 0.6) is 11.5 Å². The molecule has 0 bridgehead atoms. The van der Waals surface area contributed by atoms with Crippen molar-refractivity contribution >= 4 is 0 Å². The Morgan fingerprint density at radius 2 is 2.14 bits per heavy atom. The van der Waals surface area contributed by atoms with Gasteiger partial charge in [0, 0.05) is 18.0 Å². The lowest BCUT2D eigenvalue weighted by atomic mass is 9.93. The second-order valence-corrected chi connectivity index (χ2v) is 5.14. The molecule has 4 heteroatoms. The minimum absolute atomic E-state index is 0.140. The van der Waals surface area contributed by atoms with Crippen LogP contribution in [0.15, 0.2) is 42.5 Å². The van der Waals surface area contributed by atoms with Crippen LogP contribution < -0.4 is 15.2 Å². The minimum Gasteiger partial charge on any atom is -0.494 e.